The summed E-state index contributed by atoms with van der Waals surface area (Å²) in [5.74, 6) is -0.113. The van der Waals surface area contributed by atoms with E-state index in [9.17, 15) is 4.79 Å². The molecule has 2 aromatic rings. The summed E-state index contributed by atoms with van der Waals surface area (Å²) in [4.78, 5) is 16.6. The standard InChI is InChI=1S/C17H23N3O2/c1-13-4-5-15(20-8-7-18-12-20)14(10-13)16(22)19-11-17(2,3)6-9-21/h4-5,7-8,10,12,21H,6,9,11H2,1-3H3,(H,19,22). The van der Waals surface area contributed by atoms with Gasteiger partial charge in [0.2, 0.25) is 0 Å². The fourth-order valence-corrected chi connectivity index (χ4v) is 2.26. The highest BCUT2D eigenvalue weighted by Crippen LogP contribution is 2.20. The van der Waals surface area contributed by atoms with Crippen LogP contribution in [0, 0.1) is 12.3 Å². The molecular weight excluding hydrogens is 278 g/mol. The molecule has 0 unspecified atom stereocenters. The summed E-state index contributed by atoms with van der Waals surface area (Å²) in [7, 11) is 0. The molecule has 5 nitrogen and oxygen atoms in total. The smallest absolute Gasteiger partial charge is 0.253 e. The van der Waals surface area contributed by atoms with Gasteiger partial charge in [0.1, 0.15) is 0 Å². The number of nitrogens with one attached hydrogen (secondary N) is 1. The molecule has 1 aromatic heterocycles. The Morgan fingerprint density at radius 3 is 2.82 bits per heavy atom. The second kappa shape index (κ2) is 6.75. The molecule has 2 rings (SSSR count). The number of aliphatic hydroxyl groups is 1. The van der Waals surface area contributed by atoms with Crippen molar-refractivity contribution in [3.8, 4) is 5.69 Å². The summed E-state index contributed by atoms with van der Waals surface area (Å²) in [5, 5.41) is 12.0. The third-order valence-corrected chi connectivity index (χ3v) is 3.70. The lowest BCUT2D eigenvalue weighted by molar-refractivity contribution is 0.0928. The number of imidazole rings is 1. The summed E-state index contributed by atoms with van der Waals surface area (Å²) >= 11 is 0. The SMILES string of the molecule is Cc1ccc(-n2ccnc2)c(C(=O)NCC(C)(C)CCO)c1. The molecule has 2 N–H and O–H groups in total. The minimum absolute atomic E-state index is 0.113. The maximum Gasteiger partial charge on any atom is 0.253 e. The normalized spacial score (nSPS) is 11.5. The number of hydrogen-bond acceptors (Lipinski definition) is 3. The van der Waals surface area contributed by atoms with Crippen molar-refractivity contribution in [1.82, 2.24) is 14.9 Å². The van der Waals surface area contributed by atoms with Gasteiger partial charge < -0.3 is 15.0 Å². The first kappa shape index (κ1) is 16.2. The van der Waals surface area contributed by atoms with Crippen LogP contribution >= 0.6 is 0 Å². The largest absolute Gasteiger partial charge is 0.396 e. The first-order valence-electron chi connectivity index (χ1n) is 7.41. The molecule has 0 bridgehead atoms. The van der Waals surface area contributed by atoms with Gasteiger partial charge in [0, 0.05) is 25.5 Å². The lowest BCUT2D eigenvalue weighted by atomic mass is 9.89. The summed E-state index contributed by atoms with van der Waals surface area (Å²) in [5.41, 5.74) is 2.32. The predicted octanol–water partition coefficient (Wildman–Crippen LogP) is 2.32. The average Bonchev–Trinajstić information content (AvgIpc) is 2.98. The second-order valence-electron chi connectivity index (χ2n) is 6.31. The Balaban J connectivity index is 2.21. The molecule has 0 radical (unpaired) electrons. The van der Waals surface area contributed by atoms with Gasteiger partial charge in [0.15, 0.2) is 0 Å². The van der Waals surface area contributed by atoms with Gasteiger partial charge in [-0.25, -0.2) is 4.98 Å². The number of rotatable bonds is 6. The van der Waals surface area contributed by atoms with Crippen LogP contribution in [0.4, 0.5) is 0 Å². The van der Waals surface area contributed by atoms with Gasteiger partial charge >= 0.3 is 0 Å². The van der Waals surface area contributed by atoms with Crippen molar-refractivity contribution in [3.05, 3.63) is 48.0 Å². The quantitative estimate of drug-likeness (QED) is 0.860. The minimum atomic E-state index is -0.136. The number of nitrogens with zero attached hydrogens (tertiary/aromatic N) is 2. The number of benzene rings is 1. The van der Waals surface area contributed by atoms with E-state index in [4.69, 9.17) is 5.11 Å². The summed E-state index contributed by atoms with van der Waals surface area (Å²) < 4.78 is 1.83. The number of amides is 1. The third-order valence-electron chi connectivity index (χ3n) is 3.70. The molecule has 0 aliphatic carbocycles. The van der Waals surface area contributed by atoms with E-state index in [0.717, 1.165) is 11.3 Å². The van der Waals surface area contributed by atoms with Gasteiger partial charge in [-0.3, -0.25) is 4.79 Å². The number of hydrogen-bond donors (Lipinski definition) is 2. The van der Waals surface area contributed by atoms with E-state index in [-0.39, 0.29) is 17.9 Å². The van der Waals surface area contributed by atoms with Gasteiger partial charge in [-0.05, 0) is 30.9 Å². The van der Waals surface area contributed by atoms with Crippen molar-refractivity contribution in [2.24, 2.45) is 5.41 Å². The Labute approximate surface area is 131 Å². The van der Waals surface area contributed by atoms with Crippen LogP contribution in [0.5, 0.6) is 0 Å². The Morgan fingerprint density at radius 2 is 2.18 bits per heavy atom. The molecule has 0 spiro atoms. The molecule has 1 aromatic carbocycles. The number of carbonyl (C=O) groups is 1. The topological polar surface area (TPSA) is 67.2 Å². The molecule has 0 fully saturated rings. The molecule has 0 saturated heterocycles. The van der Waals surface area contributed by atoms with Gasteiger partial charge in [-0.15, -0.1) is 0 Å². The average molecular weight is 301 g/mol. The third kappa shape index (κ3) is 3.95. The molecule has 22 heavy (non-hydrogen) atoms. The van der Waals surface area contributed by atoms with Crippen LogP contribution in [-0.2, 0) is 0 Å². The summed E-state index contributed by atoms with van der Waals surface area (Å²) in [6, 6.07) is 5.77. The fraction of sp³-hybridized carbons (Fsp3) is 0.412. The zero-order valence-electron chi connectivity index (χ0n) is 13.3. The number of aliphatic hydroxyl groups excluding tert-OH is 1. The molecule has 118 valence electrons. The number of aromatic nitrogens is 2. The van der Waals surface area contributed by atoms with E-state index in [1.807, 2.05) is 49.7 Å². The van der Waals surface area contributed by atoms with Crippen LogP contribution in [0.15, 0.2) is 36.9 Å². The molecule has 5 heteroatoms. The highest BCUT2D eigenvalue weighted by Gasteiger charge is 2.20. The van der Waals surface area contributed by atoms with Gasteiger partial charge in [0.25, 0.3) is 5.91 Å². The van der Waals surface area contributed by atoms with Crippen molar-refractivity contribution in [3.63, 3.8) is 0 Å². The highest BCUT2D eigenvalue weighted by atomic mass is 16.3. The lowest BCUT2D eigenvalue weighted by Gasteiger charge is -2.24. The van der Waals surface area contributed by atoms with E-state index in [0.29, 0.717) is 18.5 Å². The fourth-order valence-electron chi connectivity index (χ4n) is 2.26. The maximum absolute atomic E-state index is 12.6. The van der Waals surface area contributed by atoms with Gasteiger partial charge in [-0.2, -0.15) is 0 Å². The van der Waals surface area contributed by atoms with Crippen LogP contribution < -0.4 is 5.32 Å². The molecule has 0 aliphatic heterocycles. The van der Waals surface area contributed by atoms with E-state index < -0.39 is 0 Å². The van der Waals surface area contributed by atoms with Crippen molar-refractivity contribution in [2.75, 3.05) is 13.2 Å². The first-order valence-corrected chi connectivity index (χ1v) is 7.41. The lowest BCUT2D eigenvalue weighted by Crippen LogP contribution is -2.35. The summed E-state index contributed by atoms with van der Waals surface area (Å²) in [6.07, 6.45) is 5.83. The molecular formula is C17H23N3O2. The van der Waals surface area contributed by atoms with Crippen molar-refractivity contribution in [1.29, 1.82) is 0 Å². The second-order valence-corrected chi connectivity index (χ2v) is 6.31. The van der Waals surface area contributed by atoms with Crippen LogP contribution in [0.2, 0.25) is 0 Å². The number of carbonyl (C=O) groups excluding carboxylic acids is 1. The van der Waals surface area contributed by atoms with Crippen molar-refractivity contribution in [2.45, 2.75) is 27.2 Å². The zero-order chi connectivity index (χ0) is 16.2. The van der Waals surface area contributed by atoms with Crippen LogP contribution in [-0.4, -0.2) is 33.7 Å². The Bertz CT molecular complexity index is 633. The highest BCUT2D eigenvalue weighted by molar-refractivity contribution is 5.98. The van der Waals surface area contributed by atoms with Gasteiger partial charge in [0.05, 0.1) is 17.6 Å². The molecule has 1 amide bonds. The maximum atomic E-state index is 12.6. The molecule has 0 atom stereocenters. The Morgan fingerprint density at radius 1 is 1.41 bits per heavy atom. The summed E-state index contributed by atoms with van der Waals surface area (Å²) in [6.45, 7) is 6.65. The Kier molecular flexibility index (Phi) is 4.98. The first-order chi connectivity index (χ1) is 10.4. The monoisotopic (exact) mass is 301 g/mol. The number of aryl methyl sites for hydroxylation is 1. The van der Waals surface area contributed by atoms with Gasteiger partial charge in [-0.1, -0.05) is 25.5 Å². The van der Waals surface area contributed by atoms with E-state index in [1.165, 1.54) is 0 Å². The minimum Gasteiger partial charge on any atom is -0.396 e. The van der Waals surface area contributed by atoms with Crippen LogP contribution in [0.1, 0.15) is 36.2 Å². The van der Waals surface area contributed by atoms with E-state index in [2.05, 4.69) is 10.3 Å². The molecule has 0 aliphatic rings. The predicted molar refractivity (Wildman–Crippen MR) is 86.1 cm³/mol. The van der Waals surface area contributed by atoms with Crippen molar-refractivity contribution >= 4 is 5.91 Å². The molecule has 0 saturated carbocycles. The van der Waals surface area contributed by atoms with Crippen LogP contribution in [0.25, 0.3) is 5.69 Å². The van der Waals surface area contributed by atoms with E-state index >= 15 is 0 Å². The zero-order valence-corrected chi connectivity index (χ0v) is 13.3. The van der Waals surface area contributed by atoms with Crippen LogP contribution in [0.3, 0.4) is 0 Å². The molecule has 1 heterocycles. The van der Waals surface area contributed by atoms with Crippen molar-refractivity contribution < 1.29 is 9.90 Å². The Hall–Kier alpha value is -2.14. The van der Waals surface area contributed by atoms with E-state index in [1.54, 1.807) is 12.5 Å².